The highest BCUT2D eigenvalue weighted by Crippen LogP contribution is 2.12. The number of allylic oxidation sites excluding steroid dienone is 1. The molecule has 0 aliphatic heterocycles. The van der Waals surface area contributed by atoms with Gasteiger partial charge in [-0.15, -0.1) is 0 Å². The molecule has 0 heterocycles. The predicted molar refractivity (Wildman–Crippen MR) is 63.0 cm³/mol. The Labute approximate surface area is 99.0 Å². The van der Waals surface area contributed by atoms with Gasteiger partial charge >= 0.3 is 5.97 Å². The van der Waals surface area contributed by atoms with Gasteiger partial charge in [0.1, 0.15) is 5.60 Å². The first kappa shape index (κ1) is 14.4. The van der Waals surface area contributed by atoms with Crippen LogP contribution < -0.4 is 0 Å². The van der Waals surface area contributed by atoms with Crippen LogP contribution in [0.2, 0.25) is 0 Å². The van der Waals surface area contributed by atoms with Crippen LogP contribution in [0.25, 0.3) is 0 Å². The van der Waals surface area contributed by atoms with E-state index in [1.165, 1.54) is 0 Å². The molecule has 0 rings (SSSR count). The number of hydrogen-bond acceptors (Lipinski definition) is 3. The lowest BCUT2D eigenvalue weighted by Gasteiger charge is -2.20. The van der Waals surface area contributed by atoms with E-state index in [1.807, 2.05) is 6.92 Å². The normalized spacial score (nSPS) is 12.5. The first-order chi connectivity index (χ1) is 6.81. The summed E-state index contributed by atoms with van der Waals surface area (Å²) in [6, 6.07) is 0. The van der Waals surface area contributed by atoms with E-state index in [9.17, 15) is 9.59 Å². The SMILES string of the molecule is CC/C=C(/C(=O)CBr)C(=O)OC(C)(C)C. The molecule has 86 valence electrons. The molecule has 0 aromatic rings. The van der Waals surface area contributed by atoms with Crippen molar-refractivity contribution < 1.29 is 14.3 Å². The Hall–Kier alpha value is -0.640. The molecule has 4 heteroatoms. The van der Waals surface area contributed by atoms with Crippen molar-refractivity contribution in [3.63, 3.8) is 0 Å². The van der Waals surface area contributed by atoms with Gasteiger partial charge in [0.05, 0.1) is 10.9 Å². The number of ether oxygens (including phenoxy) is 1. The second kappa shape index (κ2) is 6.05. The Kier molecular flexibility index (Phi) is 5.80. The highest BCUT2D eigenvalue weighted by Gasteiger charge is 2.23. The Balaban J connectivity index is 4.74. The molecular formula is C11H17BrO3. The Morgan fingerprint density at radius 3 is 2.20 bits per heavy atom. The molecule has 0 bridgehead atoms. The summed E-state index contributed by atoms with van der Waals surface area (Å²) in [5, 5.41) is 0.137. The number of halogens is 1. The lowest BCUT2D eigenvalue weighted by atomic mass is 10.1. The van der Waals surface area contributed by atoms with Gasteiger partial charge in [0, 0.05) is 0 Å². The minimum atomic E-state index is -0.573. The summed E-state index contributed by atoms with van der Waals surface area (Å²) in [4.78, 5) is 23.0. The topological polar surface area (TPSA) is 43.4 Å². The standard InChI is InChI=1S/C11H17BrO3/c1-5-6-8(9(13)7-12)10(14)15-11(2,3)4/h6H,5,7H2,1-4H3/b8-6-. The maximum absolute atomic E-state index is 11.6. The zero-order valence-electron chi connectivity index (χ0n) is 9.59. The van der Waals surface area contributed by atoms with Crippen LogP contribution in [0.5, 0.6) is 0 Å². The van der Waals surface area contributed by atoms with E-state index < -0.39 is 11.6 Å². The van der Waals surface area contributed by atoms with Crippen molar-refractivity contribution in [2.45, 2.75) is 39.7 Å². The number of carbonyl (C=O) groups excluding carboxylic acids is 2. The van der Waals surface area contributed by atoms with Crippen LogP contribution in [-0.2, 0) is 14.3 Å². The van der Waals surface area contributed by atoms with E-state index in [-0.39, 0.29) is 16.7 Å². The first-order valence-electron chi connectivity index (χ1n) is 4.84. The van der Waals surface area contributed by atoms with E-state index in [1.54, 1.807) is 26.8 Å². The highest BCUT2D eigenvalue weighted by molar-refractivity contribution is 9.09. The van der Waals surface area contributed by atoms with Gasteiger partial charge in [0.2, 0.25) is 0 Å². The van der Waals surface area contributed by atoms with Crippen LogP contribution in [0.4, 0.5) is 0 Å². The molecule has 3 nitrogen and oxygen atoms in total. The Morgan fingerprint density at radius 2 is 1.87 bits per heavy atom. The van der Waals surface area contributed by atoms with Crippen molar-refractivity contribution >= 4 is 27.7 Å². The van der Waals surface area contributed by atoms with Gasteiger partial charge in [-0.2, -0.15) is 0 Å². The number of esters is 1. The van der Waals surface area contributed by atoms with Crippen LogP contribution in [0.3, 0.4) is 0 Å². The van der Waals surface area contributed by atoms with Gasteiger partial charge in [0.15, 0.2) is 5.78 Å². The number of rotatable bonds is 4. The van der Waals surface area contributed by atoms with Crippen LogP contribution in [0.1, 0.15) is 34.1 Å². The largest absolute Gasteiger partial charge is 0.456 e. The average Bonchev–Trinajstić information content (AvgIpc) is 2.10. The van der Waals surface area contributed by atoms with Gasteiger partial charge in [-0.25, -0.2) is 4.79 Å². The molecule has 0 saturated carbocycles. The van der Waals surface area contributed by atoms with Crippen molar-refractivity contribution in [3.8, 4) is 0 Å². The molecule has 0 amide bonds. The third kappa shape index (κ3) is 5.72. The second-order valence-corrected chi connectivity index (χ2v) is 4.65. The minimum absolute atomic E-state index is 0.129. The molecular weight excluding hydrogens is 260 g/mol. The van der Waals surface area contributed by atoms with E-state index in [4.69, 9.17) is 4.74 Å². The molecule has 0 aliphatic rings. The number of alkyl halides is 1. The van der Waals surface area contributed by atoms with Gasteiger partial charge in [-0.1, -0.05) is 28.9 Å². The summed E-state index contributed by atoms with van der Waals surface area (Å²) in [5.41, 5.74) is -0.444. The fourth-order valence-corrected chi connectivity index (χ4v) is 1.22. The quantitative estimate of drug-likeness (QED) is 0.261. The molecule has 0 aromatic heterocycles. The molecule has 0 aliphatic carbocycles. The van der Waals surface area contributed by atoms with Gasteiger partial charge in [-0.05, 0) is 27.2 Å². The third-order valence-corrected chi connectivity index (χ3v) is 1.96. The predicted octanol–water partition coefficient (Wildman–Crippen LogP) is 2.63. The van der Waals surface area contributed by atoms with Crippen LogP contribution in [0.15, 0.2) is 11.6 Å². The monoisotopic (exact) mass is 276 g/mol. The summed E-state index contributed by atoms with van der Waals surface area (Å²) in [6.07, 6.45) is 2.23. The number of hydrogen-bond donors (Lipinski definition) is 0. The molecule has 0 radical (unpaired) electrons. The van der Waals surface area contributed by atoms with E-state index >= 15 is 0 Å². The van der Waals surface area contributed by atoms with E-state index in [0.717, 1.165) is 0 Å². The smallest absolute Gasteiger partial charge is 0.341 e. The maximum atomic E-state index is 11.6. The van der Waals surface area contributed by atoms with Gasteiger partial charge in [-0.3, -0.25) is 4.79 Å². The molecule has 0 N–H and O–H groups in total. The number of carbonyl (C=O) groups is 2. The summed E-state index contributed by atoms with van der Waals surface area (Å²) in [7, 11) is 0. The summed E-state index contributed by atoms with van der Waals surface area (Å²) >= 11 is 3.04. The lowest BCUT2D eigenvalue weighted by molar-refractivity contribution is -0.150. The van der Waals surface area contributed by atoms with Crippen molar-refractivity contribution in [1.82, 2.24) is 0 Å². The second-order valence-electron chi connectivity index (χ2n) is 4.08. The average molecular weight is 277 g/mol. The van der Waals surface area contributed by atoms with Crippen molar-refractivity contribution in [2.24, 2.45) is 0 Å². The summed E-state index contributed by atoms with van der Waals surface area (Å²) < 4.78 is 5.13. The Bertz CT molecular complexity index is 274. The molecule has 15 heavy (non-hydrogen) atoms. The zero-order chi connectivity index (χ0) is 12.1. The minimum Gasteiger partial charge on any atom is -0.456 e. The molecule has 0 fully saturated rings. The maximum Gasteiger partial charge on any atom is 0.341 e. The number of Topliss-reactive ketones (excluding diaryl/α,β-unsaturated/α-hetero) is 1. The summed E-state index contributed by atoms with van der Waals surface area (Å²) in [6.45, 7) is 7.18. The fraction of sp³-hybridized carbons (Fsp3) is 0.636. The van der Waals surface area contributed by atoms with Gasteiger partial charge < -0.3 is 4.74 Å². The molecule has 0 aromatic carbocycles. The highest BCUT2D eigenvalue weighted by atomic mass is 79.9. The molecule has 0 spiro atoms. The molecule has 0 unspecified atom stereocenters. The van der Waals surface area contributed by atoms with Crippen LogP contribution >= 0.6 is 15.9 Å². The van der Waals surface area contributed by atoms with Gasteiger partial charge in [0.25, 0.3) is 0 Å². The first-order valence-corrected chi connectivity index (χ1v) is 5.96. The van der Waals surface area contributed by atoms with Crippen LogP contribution in [0, 0.1) is 0 Å². The van der Waals surface area contributed by atoms with Crippen molar-refractivity contribution in [3.05, 3.63) is 11.6 Å². The van der Waals surface area contributed by atoms with Crippen LogP contribution in [-0.4, -0.2) is 22.7 Å². The summed E-state index contributed by atoms with van der Waals surface area (Å²) in [5.74, 6) is -0.792. The lowest BCUT2D eigenvalue weighted by Crippen LogP contribution is -2.27. The molecule has 0 saturated heterocycles. The zero-order valence-corrected chi connectivity index (χ0v) is 11.2. The molecule has 0 atom stereocenters. The van der Waals surface area contributed by atoms with Crippen molar-refractivity contribution in [2.75, 3.05) is 5.33 Å². The number of ketones is 1. The van der Waals surface area contributed by atoms with E-state index in [2.05, 4.69) is 15.9 Å². The fourth-order valence-electron chi connectivity index (χ4n) is 0.920. The third-order valence-electron chi connectivity index (χ3n) is 1.45. The van der Waals surface area contributed by atoms with E-state index in [0.29, 0.717) is 6.42 Å². The Morgan fingerprint density at radius 1 is 1.33 bits per heavy atom. The van der Waals surface area contributed by atoms with Crippen molar-refractivity contribution in [1.29, 1.82) is 0 Å².